The number of hydrogen-bond acceptors (Lipinski definition) is 2. The van der Waals surface area contributed by atoms with Gasteiger partial charge in [0.2, 0.25) is 0 Å². The molecule has 1 aromatic carbocycles. The summed E-state index contributed by atoms with van der Waals surface area (Å²) in [7, 11) is 0. The summed E-state index contributed by atoms with van der Waals surface area (Å²) in [5.41, 5.74) is 1.63. The van der Waals surface area contributed by atoms with Crippen LogP contribution in [0.4, 0.5) is 4.39 Å². The lowest BCUT2D eigenvalue weighted by Crippen LogP contribution is -2.28. The van der Waals surface area contributed by atoms with E-state index in [4.69, 9.17) is 0 Å². The second-order valence-corrected chi connectivity index (χ2v) is 5.96. The average Bonchev–Trinajstić information content (AvgIpc) is 2.50. The molecule has 1 heterocycles. The molecule has 0 aliphatic heterocycles. The number of nitrogens with one attached hydrogen (secondary N) is 1. The van der Waals surface area contributed by atoms with Gasteiger partial charge >= 0.3 is 0 Å². The van der Waals surface area contributed by atoms with Crippen molar-refractivity contribution in [2.24, 2.45) is 0 Å². The molecule has 2 unspecified atom stereocenters. The van der Waals surface area contributed by atoms with E-state index >= 15 is 0 Å². The first kappa shape index (κ1) is 16.1. The minimum Gasteiger partial charge on any atom is -0.309 e. The fraction of sp³-hybridized carbons (Fsp3) is 0.353. The maximum atomic E-state index is 14.3. The van der Waals surface area contributed by atoms with E-state index in [0.717, 1.165) is 23.1 Å². The minimum atomic E-state index is -0.194. The predicted octanol–water partition coefficient (Wildman–Crippen LogP) is 4.83. The smallest absolute Gasteiger partial charge is 0.129 e. The van der Waals surface area contributed by atoms with E-state index in [-0.39, 0.29) is 17.8 Å². The van der Waals surface area contributed by atoms with Crippen molar-refractivity contribution in [3.8, 4) is 0 Å². The van der Waals surface area contributed by atoms with E-state index in [1.54, 1.807) is 12.3 Å². The number of aromatic nitrogens is 1. The van der Waals surface area contributed by atoms with Crippen molar-refractivity contribution in [3.63, 3.8) is 0 Å². The minimum absolute atomic E-state index is 0.0750. The highest BCUT2D eigenvalue weighted by molar-refractivity contribution is 9.10. The summed E-state index contributed by atoms with van der Waals surface area (Å²) in [5.74, 6) is -0.119. The Morgan fingerprint density at radius 1 is 1.24 bits per heavy atom. The molecule has 2 aromatic rings. The highest BCUT2D eigenvalue weighted by Crippen LogP contribution is 2.35. The first-order valence-corrected chi connectivity index (χ1v) is 8.02. The van der Waals surface area contributed by atoms with Crippen LogP contribution in [0.3, 0.4) is 0 Å². The van der Waals surface area contributed by atoms with Gasteiger partial charge in [0.25, 0.3) is 0 Å². The Balaban J connectivity index is 2.39. The average molecular weight is 351 g/mol. The van der Waals surface area contributed by atoms with E-state index in [1.807, 2.05) is 24.3 Å². The van der Waals surface area contributed by atoms with Crippen molar-refractivity contribution in [1.82, 2.24) is 10.3 Å². The van der Waals surface area contributed by atoms with Crippen LogP contribution in [0.15, 0.2) is 47.1 Å². The molecule has 0 saturated carbocycles. The number of halogens is 2. The molecule has 0 saturated heterocycles. The quantitative estimate of drug-likeness (QED) is 0.807. The molecule has 2 nitrogen and oxygen atoms in total. The van der Waals surface area contributed by atoms with Crippen molar-refractivity contribution in [3.05, 3.63) is 64.1 Å². The summed E-state index contributed by atoms with van der Waals surface area (Å²) in [6.07, 6.45) is 2.77. The zero-order valence-corrected chi connectivity index (χ0v) is 13.9. The van der Waals surface area contributed by atoms with Gasteiger partial charge in [-0.3, -0.25) is 4.98 Å². The third-order valence-corrected chi connectivity index (χ3v) is 4.27. The van der Waals surface area contributed by atoms with Crippen LogP contribution < -0.4 is 5.32 Å². The van der Waals surface area contributed by atoms with Gasteiger partial charge in [0.15, 0.2) is 0 Å². The Morgan fingerprint density at radius 2 is 2.05 bits per heavy atom. The Morgan fingerprint density at radius 3 is 2.67 bits per heavy atom. The Hall–Kier alpha value is -1.26. The maximum absolute atomic E-state index is 14.3. The van der Waals surface area contributed by atoms with Gasteiger partial charge in [0, 0.05) is 33.9 Å². The molecule has 0 aliphatic carbocycles. The highest BCUT2D eigenvalue weighted by Gasteiger charge is 2.25. The number of nitrogens with zero attached hydrogens (tertiary/aromatic N) is 1. The van der Waals surface area contributed by atoms with Crippen LogP contribution in [0.25, 0.3) is 0 Å². The summed E-state index contributed by atoms with van der Waals surface area (Å²) in [4.78, 5) is 4.41. The maximum Gasteiger partial charge on any atom is 0.129 e. The third-order valence-electron chi connectivity index (χ3n) is 3.58. The molecular formula is C17H20BrFN2. The van der Waals surface area contributed by atoms with Gasteiger partial charge < -0.3 is 5.32 Å². The van der Waals surface area contributed by atoms with Gasteiger partial charge in [-0.25, -0.2) is 4.39 Å². The molecule has 1 aromatic heterocycles. The molecule has 112 valence electrons. The van der Waals surface area contributed by atoms with Gasteiger partial charge in [0.05, 0.1) is 0 Å². The fourth-order valence-corrected chi connectivity index (χ4v) is 3.04. The number of hydrogen-bond donors (Lipinski definition) is 1. The second-order valence-electron chi connectivity index (χ2n) is 5.11. The summed E-state index contributed by atoms with van der Waals surface area (Å²) < 4.78 is 15.1. The van der Waals surface area contributed by atoms with Crippen molar-refractivity contribution in [2.45, 2.75) is 32.2 Å². The van der Waals surface area contributed by atoms with Crippen molar-refractivity contribution >= 4 is 15.9 Å². The molecule has 4 heteroatoms. The van der Waals surface area contributed by atoms with Gasteiger partial charge in [-0.2, -0.15) is 0 Å². The molecule has 2 atom stereocenters. The van der Waals surface area contributed by atoms with E-state index < -0.39 is 0 Å². The molecule has 0 radical (unpaired) electrons. The first-order valence-electron chi connectivity index (χ1n) is 7.23. The van der Waals surface area contributed by atoms with Crippen LogP contribution >= 0.6 is 15.9 Å². The van der Waals surface area contributed by atoms with Crippen LogP contribution in [-0.2, 0) is 0 Å². The van der Waals surface area contributed by atoms with Gasteiger partial charge in [-0.15, -0.1) is 0 Å². The summed E-state index contributed by atoms with van der Waals surface area (Å²) in [6, 6.07) is 10.8. The first-order chi connectivity index (χ1) is 10.1. The zero-order chi connectivity index (χ0) is 15.2. The fourth-order valence-electron chi connectivity index (χ4n) is 2.45. The van der Waals surface area contributed by atoms with E-state index in [1.165, 1.54) is 6.07 Å². The second kappa shape index (κ2) is 7.66. The molecule has 0 fully saturated rings. The summed E-state index contributed by atoms with van der Waals surface area (Å²) in [6.45, 7) is 5.02. The summed E-state index contributed by atoms with van der Waals surface area (Å²) >= 11 is 3.48. The lowest BCUT2D eigenvalue weighted by Gasteiger charge is -2.26. The monoisotopic (exact) mass is 350 g/mol. The van der Waals surface area contributed by atoms with E-state index in [2.05, 4.69) is 40.1 Å². The van der Waals surface area contributed by atoms with Crippen LogP contribution in [0.5, 0.6) is 0 Å². The van der Waals surface area contributed by atoms with Crippen LogP contribution in [0, 0.1) is 5.82 Å². The molecule has 0 spiro atoms. The van der Waals surface area contributed by atoms with Crippen LogP contribution in [-0.4, -0.2) is 11.5 Å². The molecule has 0 amide bonds. The highest BCUT2D eigenvalue weighted by atomic mass is 79.9. The normalized spacial score (nSPS) is 13.9. The summed E-state index contributed by atoms with van der Waals surface area (Å²) in [5, 5.41) is 3.46. The van der Waals surface area contributed by atoms with Crippen LogP contribution in [0.2, 0.25) is 0 Å². The lowest BCUT2D eigenvalue weighted by molar-refractivity contribution is 0.438. The third kappa shape index (κ3) is 3.89. The zero-order valence-electron chi connectivity index (χ0n) is 12.3. The van der Waals surface area contributed by atoms with E-state index in [0.29, 0.717) is 5.56 Å². The topological polar surface area (TPSA) is 24.9 Å². The number of pyridine rings is 1. The molecule has 21 heavy (non-hydrogen) atoms. The standard InChI is InChI=1S/C17H20BrFN2/c1-3-10-21-17(12(2)15-9-4-5-11-20-15)16-13(18)7-6-8-14(16)19/h4-9,11-12,17,21H,3,10H2,1-2H3. The van der Waals surface area contributed by atoms with E-state index in [9.17, 15) is 4.39 Å². The molecule has 1 N–H and O–H groups in total. The van der Waals surface area contributed by atoms with Gasteiger partial charge in [-0.1, -0.05) is 41.9 Å². The van der Waals surface area contributed by atoms with Gasteiger partial charge in [0.1, 0.15) is 5.82 Å². The molecule has 0 aliphatic rings. The lowest BCUT2D eigenvalue weighted by atomic mass is 9.91. The molecule has 0 bridgehead atoms. The number of benzene rings is 1. The van der Waals surface area contributed by atoms with Gasteiger partial charge in [-0.05, 0) is 37.2 Å². The van der Waals surface area contributed by atoms with Crippen molar-refractivity contribution in [2.75, 3.05) is 6.54 Å². The number of rotatable bonds is 6. The predicted molar refractivity (Wildman–Crippen MR) is 87.8 cm³/mol. The molecular weight excluding hydrogens is 331 g/mol. The van der Waals surface area contributed by atoms with Crippen molar-refractivity contribution in [1.29, 1.82) is 0 Å². The largest absolute Gasteiger partial charge is 0.309 e. The van der Waals surface area contributed by atoms with Crippen LogP contribution in [0.1, 0.15) is 43.5 Å². The molecule has 2 rings (SSSR count). The Bertz CT molecular complexity index is 554. The Labute approximate surface area is 133 Å². The van der Waals surface area contributed by atoms with Crippen molar-refractivity contribution < 1.29 is 4.39 Å². The Kier molecular flexibility index (Phi) is 5.88. The SMILES string of the molecule is CCCNC(c1c(F)cccc1Br)C(C)c1ccccn1.